The van der Waals surface area contributed by atoms with E-state index in [1.165, 1.54) is 0 Å². The normalized spacial score (nSPS) is 40.3. The Bertz CT molecular complexity index is 188. The molecule has 2 rings (SSSR count). The van der Waals surface area contributed by atoms with E-state index in [0.717, 1.165) is 51.9 Å². The number of nitrogens with two attached hydrogens (primary N) is 1. The molecule has 0 unspecified atom stereocenters. The number of rotatable bonds is 1. The molecule has 0 atom stereocenters. The Hall–Kier alpha value is -0.120. The van der Waals surface area contributed by atoms with E-state index in [9.17, 15) is 0 Å². The van der Waals surface area contributed by atoms with E-state index >= 15 is 0 Å². The lowest BCUT2D eigenvalue weighted by atomic mass is 9.81. The van der Waals surface area contributed by atoms with Crippen molar-refractivity contribution in [2.75, 3.05) is 26.2 Å². The van der Waals surface area contributed by atoms with E-state index in [1.807, 2.05) is 0 Å². The Morgan fingerprint density at radius 2 is 2.14 bits per heavy atom. The van der Waals surface area contributed by atoms with Crippen LogP contribution in [0.2, 0.25) is 0 Å². The maximum Gasteiger partial charge on any atom is 0.0810 e. The maximum atomic E-state index is 5.99. The van der Waals surface area contributed by atoms with Crippen molar-refractivity contribution in [3.05, 3.63) is 0 Å². The van der Waals surface area contributed by atoms with Gasteiger partial charge in [0.2, 0.25) is 0 Å². The van der Waals surface area contributed by atoms with Crippen LogP contribution in [-0.2, 0) is 4.74 Å². The molecule has 1 saturated heterocycles. The number of nitrogens with zero attached hydrogens (tertiary/aromatic N) is 1. The molecule has 2 aliphatic rings. The third-order valence-electron chi connectivity index (χ3n) is 3.72. The SMILES string of the molecule is CCN1CCOC2(CCC(N)CC2)C1. The largest absolute Gasteiger partial charge is 0.372 e. The molecular weight excluding hydrogens is 176 g/mol. The summed E-state index contributed by atoms with van der Waals surface area (Å²) in [6.07, 6.45) is 4.59. The molecule has 1 aliphatic heterocycles. The highest BCUT2D eigenvalue weighted by atomic mass is 16.5. The minimum atomic E-state index is 0.157. The van der Waals surface area contributed by atoms with Gasteiger partial charge < -0.3 is 10.5 Å². The zero-order valence-electron chi connectivity index (χ0n) is 9.17. The fraction of sp³-hybridized carbons (Fsp3) is 1.00. The molecule has 0 amide bonds. The summed E-state index contributed by atoms with van der Waals surface area (Å²) in [6, 6.07) is 0.418. The van der Waals surface area contributed by atoms with Crippen molar-refractivity contribution in [1.29, 1.82) is 0 Å². The molecular formula is C11H22N2O. The molecule has 14 heavy (non-hydrogen) atoms. The van der Waals surface area contributed by atoms with Crippen LogP contribution in [-0.4, -0.2) is 42.8 Å². The molecule has 2 N–H and O–H groups in total. The second kappa shape index (κ2) is 4.17. The third kappa shape index (κ3) is 2.10. The highest BCUT2D eigenvalue weighted by Crippen LogP contribution is 2.33. The van der Waals surface area contributed by atoms with Gasteiger partial charge in [0.25, 0.3) is 0 Å². The van der Waals surface area contributed by atoms with Crippen LogP contribution in [0.5, 0.6) is 0 Å². The van der Waals surface area contributed by atoms with Crippen molar-refractivity contribution < 1.29 is 4.74 Å². The summed E-state index contributed by atoms with van der Waals surface area (Å²) in [7, 11) is 0. The van der Waals surface area contributed by atoms with E-state index in [4.69, 9.17) is 10.5 Å². The van der Waals surface area contributed by atoms with E-state index in [0.29, 0.717) is 6.04 Å². The Balaban J connectivity index is 1.94. The fourth-order valence-electron chi connectivity index (χ4n) is 2.66. The minimum Gasteiger partial charge on any atom is -0.372 e. The van der Waals surface area contributed by atoms with Crippen molar-refractivity contribution in [2.45, 2.75) is 44.2 Å². The lowest BCUT2D eigenvalue weighted by Gasteiger charge is -2.45. The molecule has 82 valence electrons. The molecule has 0 aromatic carbocycles. The molecule has 1 aliphatic carbocycles. The summed E-state index contributed by atoms with van der Waals surface area (Å²) in [5.41, 5.74) is 6.08. The van der Waals surface area contributed by atoms with Gasteiger partial charge in [-0.3, -0.25) is 4.90 Å². The van der Waals surface area contributed by atoms with Crippen molar-refractivity contribution in [3.8, 4) is 0 Å². The summed E-state index contributed by atoms with van der Waals surface area (Å²) in [5, 5.41) is 0. The first-order chi connectivity index (χ1) is 6.74. The van der Waals surface area contributed by atoms with E-state index in [-0.39, 0.29) is 5.60 Å². The zero-order chi connectivity index (χ0) is 10.0. The lowest BCUT2D eigenvalue weighted by Crippen LogP contribution is -2.54. The summed E-state index contributed by atoms with van der Waals surface area (Å²) in [4.78, 5) is 2.50. The minimum absolute atomic E-state index is 0.157. The first-order valence-electron chi connectivity index (χ1n) is 5.86. The summed E-state index contributed by atoms with van der Waals surface area (Å²) in [5.74, 6) is 0. The van der Waals surface area contributed by atoms with Crippen LogP contribution in [0.25, 0.3) is 0 Å². The van der Waals surface area contributed by atoms with Gasteiger partial charge in [-0.2, -0.15) is 0 Å². The van der Waals surface area contributed by atoms with Crippen LogP contribution in [0.4, 0.5) is 0 Å². The van der Waals surface area contributed by atoms with Crippen LogP contribution < -0.4 is 5.73 Å². The third-order valence-corrected chi connectivity index (χ3v) is 3.72. The smallest absolute Gasteiger partial charge is 0.0810 e. The van der Waals surface area contributed by atoms with Gasteiger partial charge in [-0.05, 0) is 32.2 Å². The molecule has 3 nitrogen and oxygen atoms in total. The second-order valence-corrected chi connectivity index (χ2v) is 4.74. The predicted octanol–water partition coefficient (Wildman–Crippen LogP) is 0.979. The highest BCUT2D eigenvalue weighted by Gasteiger charge is 2.38. The van der Waals surface area contributed by atoms with Crippen molar-refractivity contribution >= 4 is 0 Å². The number of likely N-dealkylation sites (N-methyl/N-ethyl adjacent to an activating group) is 1. The molecule has 1 saturated carbocycles. The standard InChI is InChI=1S/C11H22N2O/c1-2-13-7-8-14-11(9-13)5-3-10(12)4-6-11/h10H,2-9,12H2,1H3. The Kier molecular flexibility index (Phi) is 3.10. The van der Waals surface area contributed by atoms with Gasteiger partial charge in [0.1, 0.15) is 0 Å². The number of ether oxygens (including phenoxy) is 1. The Morgan fingerprint density at radius 3 is 2.79 bits per heavy atom. The average molecular weight is 198 g/mol. The van der Waals surface area contributed by atoms with Crippen LogP contribution in [0.1, 0.15) is 32.6 Å². The van der Waals surface area contributed by atoms with Crippen molar-refractivity contribution in [1.82, 2.24) is 4.90 Å². The first kappa shape index (κ1) is 10.4. The Labute approximate surface area is 86.6 Å². The lowest BCUT2D eigenvalue weighted by molar-refractivity contribution is -0.127. The number of morpholine rings is 1. The summed E-state index contributed by atoms with van der Waals surface area (Å²) >= 11 is 0. The number of hydrogen-bond donors (Lipinski definition) is 1. The summed E-state index contributed by atoms with van der Waals surface area (Å²) in [6.45, 7) is 6.51. The van der Waals surface area contributed by atoms with Crippen LogP contribution in [0.3, 0.4) is 0 Å². The molecule has 1 heterocycles. The van der Waals surface area contributed by atoms with Gasteiger partial charge >= 0.3 is 0 Å². The van der Waals surface area contributed by atoms with Gasteiger partial charge in [0, 0.05) is 19.1 Å². The Morgan fingerprint density at radius 1 is 1.43 bits per heavy atom. The van der Waals surface area contributed by atoms with E-state index in [2.05, 4.69) is 11.8 Å². The van der Waals surface area contributed by atoms with Crippen LogP contribution >= 0.6 is 0 Å². The number of hydrogen-bond acceptors (Lipinski definition) is 3. The molecule has 0 aromatic rings. The molecule has 0 radical (unpaired) electrons. The quantitative estimate of drug-likeness (QED) is 0.682. The van der Waals surface area contributed by atoms with Gasteiger partial charge in [0.15, 0.2) is 0 Å². The molecule has 0 bridgehead atoms. The van der Waals surface area contributed by atoms with Crippen LogP contribution in [0, 0.1) is 0 Å². The molecule has 2 fully saturated rings. The van der Waals surface area contributed by atoms with E-state index in [1.54, 1.807) is 0 Å². The second-order valence-electron chi connectivity index (χ2n) is 4.74. The van der Waals surface area contributed by atoms with E-state index < -0.39 is 0 Å². The van der Waals surface area contributed by atoms with Gasteiger partial charge in [0.05, 0.1) is 12.2 Å². The molecule has 1 spiro atoms. The molecule has 0 aromatic heterocycles. The average Bonchev–Trinajstić information content (AvgIpc) is 2.23. The molecule has 3 heteroatoms. The van der Waals surface area contributed by atoms with Gasteiger partial charge in [-0.15, -0.1) is 0 Å². The van der Waals surface area contributed by atoms with Crippen molar-refractivity contribution in [2.24, 2.45) is 5.73 Å². The zero-order valence-corrected chi connectivity index (χ0v) is 9.17. The predicted molar refractivity (Wildman–Crippen MR) is 57.2 cm³/mol. The highest BCUT2D eigenvalue weighted by molar-refractivity contribution is 4.93. The maximum absolute atomic E-state index is 5.99. The summed E-state index contributed by atoms with van der Waals surface area (Å²) < 4.78 is 5.99. The first-order valence-corrected chi connectivity index (χ1v) is 5.86. The van der Waals surface area contributed by atoms with Crippen LogP contribution in [0.15, 0.2) is 0 Å². The monoisotopic (exact) mass is 198 g/mol. The van der Waals surface area contributed by atoms with Gasteiger partial charge in [-0.1, -0.05) is 6.92 Å². The fourth-order valence-corrected chi connectivity index (χ4v) is 2.66. The van der Waals surface area contributed by atoms with Crippen molar-refractivity contribution in [3.63, 3.8) is 0 Å². The van der Waals surface area contributed by atoms with Gasteiger partial charge in [-0.25, -0.2) is 0 Å². The topological polar surface area (TPSA) is 38.5 Å².